The van der Waals surface area contributed by atoms with Crippen molar-refractivity contribution < 1.29 is 19.2 Å². The van der Waals surface area contributed by atoms with Gasteiger partial charge in [-0.05, 0) is 30.4 Å². The van der Waals surface area contributed by atoms with Crippen molar-refractivity contribution in [2.45, 2.75) is 0 Å². The third-order valence-electron chi connectivity index (χ3n) is 3.37. The molecule has 1 aromatic heterocycles. The summed E-state index contributed by atoms with van der Waals surface area (Å²) < 4.78 is 5.59. The smallest absolute Gasteiger partial charge is 0.336 e. The number of furan rings is 1. The fraction of sp³-hybridized carbons (Fsp3) is 0. The molecule has 0 aliphatic heterocycles. The lowest BCUT2D eigenvalue weighted by molar-refractivity contribution is -0.385. The number of carboxylic acids is 1. The Bertz CT molecular complexity index is 874. The zero-order valence-corrected chi connectivity index (χ0v) is 11.8. The van der Waals surface area contributed by atoms with Crippen molar-refractivity contribution in [1.82, 2.24) is 0 Å². The third kappa shape index (κ3) is 2.82. The highest BCUT2D eigenvalue weighted by Crippen LogP contribution is 2.26. The fourth-order valence-corrected chi connectivity index (χ4v) is 2.32. The van der Waals surface area contributed by atoms with Crippen LogP contribution in [0.3, 0.4) is 0 Å². The highest BCUT2D eigenvalue weighted by molar-refractivity contribution is 5.95. The van der Waals surface area contributed by atoms with Crippen LogP contribution >= 0.6 is 0 Å². The normalized spacial score (nSPS) is 11.1. The van der Waals surface area contributed by atoms with Gasteiger partial charge in [0.15, 0.2) is 0 Å². The van der Waals surface area contributed by atoms with Gasteiger partial charge in [0.1, 0.15) is 11.3 Å². The van der Waals surface area contributed by atoms with Crippen molar-refractivity contribution in [2.24, 2.45) is 0 Å². The Morgan fingerprint density at radius 1 is 1.13 bits per heavy atom. The Labute approximate surface area is 130 Å². The van der Waals surface area contributed by atoms with E-state index in [9.17, 15) is 20.0 Å². The second-order valence-corrected chi connectivity index (χ2v) is 4.82. The topological polar surface area (TPSA) is 93.6 Å². The maximum absolute atomic E-state index is 11.3. The predicted molar refractivity (Wildman–Crippen MR) is 85.2 cm³/mol. The van der Waals surface area contributed by atoms with Crippen LogP contribution in [0.5, 0.6) is 0 Å². The molecule has 0 aliphatic rings. The highest BCUT2D eigenvalue weighted by Gasteiger charge is 2.19. The highest BCUT2D eigenvalue weighted by atomic mass is 16.6. The number of fused-ring (bicyclic) bond motifs is 1. The molecule has 0 saturated heterocycles. The number of hydrogen-bond donors (Lipinski definition) is 1. The molecular weight excluding hydrogens is 298 g/mol. The largest absolute Gasteiger partial charge is 0.478 e. The minimum absolute atomic E-state index is 0.0328. The molecule has 3 rings (SSSR count). The first-order chi connectivity index (χ1) is 11.1. The van der Waals surface area contributed by atoms with Crippen LogP contribution in [0.2, 0.25) is 0 Å². The maximum Gasteiger partial charge on any atom is 0.336 e. The van der Waals surface area contributed by atoms with Crippen LogP contribution in [0, 0.1) is 10.1 Å². The molecule has 0 spiro atoms. The molecule has 1 N–H and O–H groups in total. The Balaban J connectivity index is 2.07. The number of benzene rings is 2. The van der Waals surface area contributed by atoms with E-state index >= 15 is 0 Å². The molecule has 114 valence electrons. The van der Waals surface area contributed by atoms with E-state index < -0.39 is 10.9 Å². The summed E-state index contributed by atoms with van der Waals surface area (Å²) in [6.45, 7) is 0. The SMILES string of the molecule is O=C(O)c1cccc([N+](=O)[O-])c1C=Cc1cc2ccccc2o1. The maximum atomic E-state index is 11.3. The summed E-state index contributed by atoms with van der Waals surface area (Å²) in [5, 5.41) is 21.2. The summed E-state index contributed by atoms with van der Waals surface area (Å²) in [5.74, 6) is -0.737. The van der Waals surface area contributed by atoms with E-state index in [2.05, 4.69) is 0 Å². The molecule has 0 radical (unpaired) electrons. The Hall–Kier alpha value is -3.41. The van der Waals surface area contributed by atoms with Crippen LogP contribution in [-0.2, 0) is 0 Å². The second-order valence-electron chi connectivity index (χ2n) is 4.82. The van der Waals surface area contributed by atoms with Gasteiger partial charge in [-0.25, -0.2) is 4.79 Å². The van der Waals surface area contributed by atoms with Gasteiger partial charge in [0.05, 0.1) is 16.1 Å². The number of rotatable bonds is 4. The molecule has 0 amide bonds. The molecule has 3 aromatic rings. The molecule has 0 aliphatic carbocycles. The summed E-state index contributed by atoms with van der Waals surface area (Å²) in [6.07, 6.45) is 2.91. The summed E-state index contributed by atoms with van der Waals surface area (Å²) >= 11 is 0. The average Bonchev–Trinajstić information content (AvgIpc) is 2.95. The van der Waals surface area contributed by atoms with E-state index in [-0.39, 0.29) is 16.8 Å². The number of nitrogens with zero attached hydrogens (tertiary/aromatic N) is 1. The molecule has 0 fully saturated rings. The molecule has 6 heteroatoms. The van der Waals surface area contributed by atoms with Crippen molar-refractivity contribution in [1.29, 1.82) is 0 Å². The van der Waals surface area contributed by atoms with Crippen molar-refractivity contribution >= 4 is 34.8 Å². The van der Waals surface area contributed by atoms with Crippen LogP contribution in [0.25, 0.3) is 23.1 Å². The molecule has 0 saturated carbocycles. The quantitative estimate of drug-likeness (QED) is 0.575. The zero-order valence-electron chi connectivity index (χ0n) is 11.8. The van der Waals surface area contributed by atoms with E-state index in [1.54, 1.807) is 12.1 Å². The van der Waals surface area contributed by atoms with Gasteiger partial charge < -0.3 is 9.52 Å². The van der Waals surface area contributed by atoms with Crippen LogP contribution in [-0.4, -0.2) is 16.0 Å². The first-order valence-corrected chi connectivity index (χ1v) is 6.73. The van der Waals surface area contributed by atoms with Gasteiger partial charge in [0.2, 0.25) is 0 Å². The second kappa shape index (κ2) is 5.76. The summed E-state index contributed by atoms with van der Waals surface area (Å²) in [5.41, 5.74) is 0.322. The van der Waals surface area contributed by atoms with Gasteiger partial charge in [-0.1, -0.05) is 24.3 Å². The van der Waals surface area contributed by atoms with E-state index in [1.807, 2.05) is 18.2 Å². The molecule has 0 bridgehead atoms. The van der Waals surface area contributed by atoms with E-state index in [0.717, 1.165) is 5.39 Å². The van der Waals surface area contributed by atoms with E-state index in [0.29, 0.717) is 11.3 Å². The predicted octanol–water partition coefficient (Wildman–Crippen LogP) is 4.21. The molecule has 0 unspecified atom stereocenters. The Morgan fingerprint density at radius 2 is 1.91 bits per heavy atom. The number of aromatic carboxylic acids is 1. The van der Waals surface area contributed by atoms with Crippen LogP contribution < -0.4 is 0 Å². The van der Waals surface area contributed by atoms with E-state index in [1.165, 1.54) is 30.4 Å². The minimum Gasteiger partial charge on any atom is -0.478 e. The number of nitro groups is 1. The van der Waals surface area contributed by atoms with Crippen molar-refractivity contribution in [3.63, 3.8) is 0 Å². The Kier molecular flexibility index (Phi) is 3.64. The lowest BCUT2D eigenvalue weighted by atomic mass is 10.0. The van der Waals surface area contributed by atoms with Gasteiger partial charge in [0.25, 0.3) is 5.69 Å². The third-order valence-corrected chi connectivity index (χ3v) is 3.37. The van der Waals surface area contributed by atoms with Gasteiger partial charge >= 0.3 is 5.97 Å². The number of para-hydroxylation sites is 1. The summed E-state index contributed by atoms with van der Waals surface area (Å²) in [6, 6.07) is 13.1. The number of carbonyl (C=O) groups is 1. The standard InChI is InChI=1S/C17H11NO5/c19-17(20)14-5-3-6-15(18(21)22)13(14)9-8-12-10-11-4-1-2-7-16(11)23-12/h1-10H,(H,19,20). The molecule has 1 heterocycles. The van der Waals surface area contributed by atoms with Gasteiger partial charge in [0, 0.05) is 11.5 Å². The van der Waals surface area contributed by atoms with Gasteiger partial charge in [-0.3, -0.25) is 10.1 Å². The van der Waals surface area contributed by atoms with Crippen LogP contribution in [0.15, 0.2) is 52.9 Å². The average molecular weight is 309 g/mol. The number of nitro benzene ring substituents is 1. The molecular formula is C17H11NO5. The van der Waals surface area contributed by atoms with Crippen LogP contribution in [0.4, 0.5) is 5.69 Å². The number of carboxylic acid groups (broad SMARTS) is 1. The van der Waals surface area contributed by atoms with Gasteiger partial charge in [-0.15, -0.1) is 0 Å². The first-order valence-electron chi connectivity index (χ1n) is 6.73. The minimum atomic E-state index is -1.22. The Morgan fingerprint density at radius 3 is 2.61 bits per heavy atom. The van der Waals surface area contributed by atoms with Crippen LogP contribution in [0.1, 0.15) is 21.7 Å². The van der Waals surface area contributed by atoms with Crippen molar-refractivity contribution in [2.75, 3.05) is 0 Å². The molecule has 6 nitrogen and oxygen atoms in total. The molecule has 2 aromatic carbocycles. The lowest BCUT2D eigenvalue weighted by Gasteiger charge is -2.02. The van der Waals surface area contributed by atoms with Crippen molar-refractivity contribution in [3.8, 4) is 0 Å². The summed E-state index contributed by atoms with van der Waals surface area (Å²) in [4.78, 5) is 21.8. The zero-order chi connectivity index (χ0) is 16.4. The summed E-state index contributed by atoms with van der Waals surface area (Å²) in [7, 11) is 0. The lowest BCUT2D eigenvalue weighted by Crippen LogP contribution is -2.02. The van der Waals surface area contributed by atoms with Gasteiger partial charge in [-0.2, -0.15) is 0 Å². The molecule has 0 atom stereocenters. The van der Waals surface area contributed by atoms with E-state index in [4.69, 9.17) is 4.42 Å². The first kappa shape index (κ1) is 14.5. The monoisotopic (exact) mass is 309 g/mol. The number of hydrogen-bond acceptors (Lipinski definition) is 4. The fourth-order valence-electron chi connectivity index (χ4n) is 2.32. The van der Waals surface area contributed by atoms with Crippen molar-refractivity contribution in [3.05, 3.63) is 75.5 Å². The molecule has 23 heavy (non-hydrogen) atoms.